The van der Waals surface area contributed by atoms with Gasteiger partial charge in [0, 0.05) is 19.3 Å². The number of hydrogen-bond donors (Lipinski definition) is 2. The van der Waals surface area contributed by atoms with Gasteiger partial charge in [0.15, 0.2) is 0 Å². The standard InChI is InChI=1S/C16H24N4O/c21-16(19-11-15-5-1-2-7-18-15)20-9-3-4-14(12-20)13-6-8-17-10-13/h1-2,5,7,13-14,17H,3-4,6,8-12H2,(H,19,21). The summed E-state index contributed by atoms with van der Waals surface area (Å²) in [6.45, 7) is 4.54. The van der Waals surface area contributed by atoms with E-state index in [1.807, 2.05) is 23.1 Å². The Kier molecular flexibility index (Phi) is 4.70. The first kappa shape index (κ1) is 14.3. The molecule has 2 saturated heterocycles. The molecule has 21 heavy (non-hydrogen) atoms. The fourth-order valence-corrected chi connectivity index (χ4v) is 3.44. The molecule has 3 rings (SSSR count). The number of urea groups is 1. The van der Waals surface area contributed by atoms with Gasteiger partial charge < -0.3 is 15.5 Å². The molecule has 0 radical (unpaired) electrons. The number of rotatable bonds is 3. The van der Waals surface area contributed by atoms with Crippen molar-refractivity contribution < 1.29 is 4.79 Å². The zero-order valence-electron chi connectivity index (χ0n) is 12.4. The third-order valence-corrected chi connectivity index (χ3v) is 4.66. The number of aromatic nitrogens is 1. The van der Waals surface area contributed by atoms with E-state index in [2.05, 4.69) is 15.6 Å². The van der Waals surface area contributed by atoms with Crippen LogP contribution in [0.3, 0.4) is 0 Å². The van der Waals surface area contributed by atoms with E-state index in [-0.39, 0.29) is 6.03 Å². The minimum Gasteiger partial charge on any atom is -0.332 e. The molecule has 0 saturated carbocycles. The van der Waals surface area contributed by atoms with Crippen LogP contribution in [-0.4, -0.2) is 42.1 Å². The van der Waals surface area contributed by atoms with Crippen LogP contribution in [0.25, 0.3) is 0 Å². The topological polar surface area (TPSA) is 57.3 Å². The molecule has 2 amide bonds. The van der Waals surface area contributed by atoms with Gasteiger partial charge in [0.1, 0.15) is 0 Å². The summed E-state index contributed by atoms with van der Waals surface area (Å²) in [6.07, 6.45) is 5.40. The van der Waals surface area contributed by atoms with Crippen molar-refractivity contribution in [3.63, 3.8) is 0 Å². The molecule has 2 atom stereocenters. The van der Waals surface area contributed by atoms with Crippen LogP contribution in [0.5, 0.6) is 0 Å². The van der Waals surface area contributed by atoms with Gasteiger partial charge in [0.25, 0.3) is 0 Å². The number of pyridine rings is 1. The molecule has 2 aliphatic heterocycles. The van der Waals surface area contributed by atoms with Crippen molar-refractivity contribution in [2.24, 2.45) is 11.8 Å². The first-order valence-electron chi connectivity index (χ1n) is 7.96. The number of piperidine rings is 1. The summed E-state index contributed by atoms with van der Waals surface area (Å²) in [5.74, 6) is 1.41. The second-order valence-corrected chi connectivity index (χ2v) is 6.08. The predicted molar refractivity (Wildman–Crippen MR) is 81.7 cm³/mol. The Balaban J connectivity index is 1.49. The monoisotopic (exact) mass is 288 g/mol. The molecule has 1 aromatic rings. The summed E-state index contributed by atoms with van der Waals surface area (Å²) in [6, 6.07) is 5.81. The van der Waals surface area contributed by atoms with Crippen LogP contribution in [0.1, 0.15) is 25.0 Å². The van der Waals surface area contributed by atoms with Gasteiger partial charge in [-0.1, -0.05) is 6.07 Å². The largest absolute Gasteiger partial charge is 0.332 e. The average molecular weight is 288 g/mol. The molecule has 5 nitrogen and oxygen atoms in total. The Morgan fingerprint density at radius 3 is 3.10 bits per heavy atom. The van der Waals surface area contributed by atoms with Gasteiger partial charge in [-0.05, 0) is 56.3 Å². The fraction of sp³-hybridized carbons (Fsp3) is 0.625. The number of carbonyl (C=O) groups excluding carboxylic acids is 1. The Morgan fingerprint density at radius 1 is 1.38 bits per heavy atom. The lowest BCUT2D eigenvalue weighted by Gasteiger charge is -2.35. The van der Waals surface area contributed by atoms with Crippen LogP contribution in [0, 0.1) is 11.8 Å². The van der Waals surface area contributed by atoms with Gasteiger partial charge in [0.2, 0.25) is 0 Å². The molecule has 2 aliphatic rings. The molecule has 0 bridgehead atoms. The molecule has 2 unspecified atom stereocenters. The van der Waals surface area contributed by atoms with E-state index in [1.54, 1.807) is 6.20 Å². The number of carbonyl (C=O) groups is 1. The van der Waals surface area contributed by atoms with Crippen LogP contribution in [0.4, 0.5) is 4.79 Å². The van der Waals surface area contributed by atoms with Crippen molar-refractivity contribution in [3.05, 3.63) is 30.1 Å². The number of hydrogen-bond acceptors (Lipinski definition) is 3. The number of likely N-dealkylation sites (tertiary alicyclic amines) is 1. The summed E-state index contributed by atoms with van der Waals surface area (Å²) < 4.78 is 0. The molecular weight excluding hydrogens is 264 g/mol. The van der Waals surface area contributed by atoms with Gasteiger partial charge in [-0.3, -0.25) is 4.98 Å². The van der Waals surface area contributed by atoms with Gasteiger partial charge in [0.05, 0.1) is 12.2 Å². The summed E-state index contributed by atoms with van der Waals surface area (Å²) >= 11 is 0. The Hall–Kier alpha value is -1.62. The third-order valence-electron chi connectivity index (χ3n) is 4.66. The highest BCUT2D eigenvalue weighted by molar-refractivity contribution is 5.74. The lowest BCUT2D eigenvalue weighted by Crippen LogP contribution is -2.46. The van der Waals surface area contributed by atoms with Gasteiger partial charge in [-0.2, -0.15) is 0 Å². The predicted octanol–water partition coefficient (Wildman–Crippen LogP) is 1.61. The molecule has 2 fully saturated rings. The van der Waals surface area contributed by atoms with Gasteiger partial charge >= 0.3 is 6.03 Å². The van der Waals surface area contributed by atoms with Crippen molar-refractivity contribution in [2.45, 2.75) is 25.8 Å². The number of nitrogens with zero attached hydrogens (tertiary/aromatic N) is 2. The molecule has 0 aliphatic carbocycles. The summed E-state index contributed by atoms with van der Waals surface area (Å²) in [7, 11) is 0. The van der Waals surface area contributed by atoms with E-state index < -0.39 is 0 Å². The lowest BCUT2D eigenvalue weighted by atomic mass is 9.85. The van der Waals surface area contributed by atoms with Crippen LogP contribution < -0.4 is 10.6 Å². The first-order valence-corrected chi connectivity index (χ1v) is 7.96. The van der Waals surface area contributed by atoms with Crippen molar-refractivity contribution in [2.75, 3.05) is 26.2 Å². The van der Waals surface area contributed by atoms with Crippen molar-refractivity contribution in [1.82, 2.24) is 20.5 Å². The molecule has 5 heteroatoms. The fourth-order valence-electron chi connectivity index (χ4n) is 3.44. The smallest absolute Gasteiger partial charge is 0.317 e. The zero-order chi connectivity index (χ0) is 14.5. The summed E-state index contributed by atoms with van der Waals surface area (Å²) in [5, 5.41) is 6.42. The maximum atomic E-state index is 12.3. The molecule has 1 aromatic heterocycles. The van der Waals surface area contributed by atoms with E-state index in [9.17, 15) is 4.79 Å². The molecule has 3 heterocycles. The highest BCUT2D eigenvalue weighted by atomic mass is 16.2. The average Bonchev–Trinajstić information content (AvgIpc) is 3.08. The van der Waals surface area contributed by atoms with Gasteiger partial charge in [-0.15, -0.1) is 0 Å². The van der Waals surface area contributed by atoms with Crippen molar-refractivity contribution in [1.29, 1.82) is 0 Å². The van der Waals surface area contributed by atoms with Crippen LogP contribution >= 0.6 is 0 Å². The highest BCUT2D eigenvalue weighted by Crippen LogP contribution is 2.27. The number of amides is 2. The second-order valence-electron chi connectivity index (χ2n) is 6.08. The molecule has 2 N–H and O–H groups in total. The van der Waals surface area contributed by atoms with Crippen LogP contribution in [0.15, 0.2) is 24.4 Å². The van der Waals surface area contributed by atoms with E-state index in [0.29, 0.717) is 12.5 Å². The van der Waals surface area contributed by atoms with Crippen molar-refractivity contribution in [3.8, 4) is 0 Å². The van der Waals surface area contributed by atoms with E-state index in [1.165, 1.54) is 12.8 Å². The highest BCUT2D eigenvalue weighted by Gasteiger charge is 2.30. The van der Waals surface area contributed by atoms with Crippen LogP contribution in [0.2, 0.25) is 0 Å². The summed E-state index contributed by atoms with van der Waals surface area (Å²) in [5.41, 5.74) is 0.902. The van der Waals surface area contributed by atoms with E-state index in [0.717, 1.165) is 44.2 Å². The second kappa shape index (κ2) is 6.89. The van der Waals surface area contributed by atoms with Crippen LogP contribution in [-0.2, 0) is 6.54 Å². The maximum Gasteiger partial charge on any atom is 0.317 e. The molecule has 0 spiro atoms. The molecule has 114 valence electrons. The SMILES string of the molecule is O=C(NCc1ccccn1)N1CCCC(C2CCNC2)C1. The lowest BCUT2D eigenvalue weighted by molar-refractivity contribution is 0.145. The van der Waals surface area contributed by atoms with E-state index >= 15 is 0 Å². The first-order chi connectivity index (χ1) is 10.3. The Bertz CT molecular complexity index is 459. The maximum absolute atomic E-state index is 12.3. The normalized spacial score (nSPS) is 25.8. The minimum atomic E-state index is 0.0521. The molecule has 0 aromatic carbocycles. The minimum absolute atomic E-state index is 0.0521. The number of nitrogens with one attached hydrogen (secondary N) is 2. The quantitative estimate of drug-likeness (QED) is 0.888. The van der Waals surface area contributed by atoms with Gasteiger partial charge in [-0.25, -0.2) is 4.79 Å². The molecular formula is C16H24N4O. The zero-order valence-corrected chi connectivity index (χ0v) is 12.4. The Labute approximate surface area is 126 Å². The summed E-state index contributed by atoms with van der Waals surface area (Å²) in [4.78, 5) is 18.5. The third kappa shape index (κ3) is 3.73. The van der Waals surface area contributed by atoms with Crippen molar-refractivity contribution >= 4 is 6.03 Å². The van der Waals surface area contributed by atoms with E-state index in [4.69, 9.17) is 0 Å². The Morgan fingerprint density at radius 2 is 2.33 bits per heavy atom.